The molecule has 0 unspecified atom stereocenters. The molecule has 0 radical (unpaired) electrons. The normalized spacial score (nSPS) is 15.6. The Morgan fingerprint density at radius 2 is 1.88 bits per heavy atom. The van der Waals surface area contributed by atoms with E-state index in [9.17, 15) is 19.6 Å². The number of nitrogens with zero attached hydrogens (tertiary/aromatic N) is 4. The molecule has 8 nitrogen and oxygen atoms in total. The van der Waals surface area contributed by atoms with Gasteiger partial charge in [0.15, 0.2) is 0 Å². The highest BCUT2D eigenvalue weighted by atomic mass is 16.3. The molecule has 8 heteroatoms. The summed E-state index contributed by atoms with van der Waals surface area (Å²) in [4.78, 5) is 42.0. The number of hydrogen-bond donors (Lipinski definition) is 1. The number of aliphatic hydroxyl groups is 1. The number of aromatic nitrogens is 2. The first-order valence-corrected chi connectivity index (χ1v) is 10.8. The summed E-state index contributed by atoms with van der Waals surface area (Å²) in [5.74, 6) is 0.0320. The Kier molecular flexibility index (Phi) is 6.14. The van der Waals surface area contributed by atoms with Crippen LogP contribution in [0.5, 0.6) is 0 Å². The zero-order valence-corrected chi connectivity index (χ0v) is 18.0. The predicted molar refractivity (Wildman–Crippen MR) is 122 cm³/mol. The Balaban J connectivity index is 1.35. The zero-order valence-electron chi connectivity index (χ0n) is 18.0. The number of aryl methyl sites for hydroxylation is 2. The van der Waals surface area contributed by atoms with Gasteiger partial charge in [-0.2, -0.15) is 0 Å². The smallest absolute Gasteiger partial charge is 0.261 e. The van der Waals surface area contributed by atoms with Crippen LogP contribution in [0, 0.1) is 11.8 Å². The number of likely N-dealkylation sites (tertiary alicyclic amines) is 1. The Morgan fingerprint density at radius 1 is 1.16 bits per heavy atom. The van der Waals surface area contributed by atoms with Gasteiger partial charge in [0.05, 0.1) is 29.4 Å². The molecule has 32 heavy (non-hydrogen) atoms. The minimum atomic E-state index is -1.06. The molecule has 1 aliphatic rings. The first kappa shape index (κ1) is 21.8. The molecule has 1 amide bonds. The van der Waals surface area contributed by atoms with Crippen LogP contribution >= 0.6 is 0 Å². The monoisotopic (exact) mass is 434 g/mol. The van der Waals surface area contributed by atoms with Gasteiger partial charge in [0.2, 0.25) is 5.91 Å². The fourth-order valence-corrected chi connectivity index (χ4v) is 4.16. The third kappa shape index (κ3) is 4.75. The molecule has 0 aliphatic carbocycles. The van der Waals surface area contributed by atoms with Crippen LogP contribution in [0.3, 0.4) is 0 Å². The number of benzene rings is 2. The highest BCUT2D eigenvalue weighted by Gasteiger charge is 2.34. The second-order valence-corrected chi connectivity index (χ2v) is 8.56. The van der Waals surface area contributed by atoms with Crippen molar-refractivity contribution < 1.29 is 9.90 Å². The molecule has 0 atom stereocenters. The molecule has 0 saturated carbocycles. The summed E-state index contributed by atoms with van der Waals surface area (Å²) in [6.07, 6.45) is 3.23. The van der Waals surface area contributed by atoms with Crippen molar-refractivity contribution in [1.82, 2.24) is 14.5 Å². The van der Waals surface area contributed by atoms with Crippen molar-refractivity contribution in [1.29, 1.82) is 0 Å². The third-order valence-corrected chi connectivity index (χ3v) is 6.16. The van der Waals surface area contributed by atoms with Gasteiger partial charge in [-0.25, -0.2) is 4.98 Å². The van der Waals surface area contributed by atoms with E-state index in [1.165, 1.54) is 10.9 Å². The summed E-state index contributed by atoms with van der Waals surface area (Å²) < 4.78 is 1.47. The lowest BCUT2D eigenvalue weighted by Crippen LogP contribution is -2.49. The number of carbonyl (C=O) groups is 1. The average Bonchev–Trinajstić information content (AvgIpc) is 2.80. The average molecular weight is 434 g/mol. The maximum Gasteiger partial charge on any atom is 0.261 e. The number of amides is 1. The van der Waals surface area contributed by atoms with Crippen LogP contribution in [-0.4, -0.2) is 44.2 Å². The highest BCUT2D eigenvalue weighted by molar-refractivity contribution is 5.78. The second-order valence-electron chi connectivity index (χ2n) is 8.56. The number of piperidine rings is 1. The van der Waals surface area contributed by atoms with Crippen LogP contribution in [0.25, 0.3) is 10.9 Å². The lowest BCUT2D eigenvalue weighted by Gasteiger charge is -2.38. The first-order valence-electron chi connectivity index (χ1n) is 10.8. The molecule has 3 aromatic rings. The van der Waals surface area contributed by atoms with Crippen molar-refractivity contribution in [2.24, 2.45) is 5.18 Å². The van der Waals surface area contributed by atoms with Crippen molar-refractivity contribution in [3.8, 4) is 0 Å². The molecule has 166 valence electrons. The van der Waals surface area contributed by atoms with Crippen molar-refractivity contribution in [3.05, 3.63) is 75.2 Å². The van der Waals surface area contributed by atoms with E-state index in [0.717, 1.165) is 11.1 Å². The van der Waals surface area contributed by atoms with E-state index >= 15 is 0 Å². The van der Waals surface area contributed by atoms with Gasteiger partial charge in [-0.05, 0) is 66.8 Å². The third-order valence-electron chi connectivity index (χ3n) is 6.16. The molecule has 1 N–H and O–H groups in total. The lowest BCUT2D eigenvalue weighted by atomic mass is 9.91. The summed E-state index contributed by atoms with van der Waals surface area (Å²) in [5.41, 5.74) is 1.79. The molecule has 0 spiro atoms. The van der Waals surface area contributed by atoms with Gasteiger partial charge in [0.1, 0.15) is 5.69 Å². The van der Waals surface area contributed by atoms with Crippen LogP contribution in [-0.2, 0) is 17.8 Å². The van der Waals surface area contributed by atoms with E-state index in [0.29, 0.717) is 55.4 Å². The van der Waals surface area contributed by atoms with Crippen molar-refractivity contribution >= 4 is 22.5 Å². The Bertz CT molecular complexity index is 1190. The molecule has 1 saturated heterocycles. The molecule has 2 aromatic carbocycles. The van der Waals surface area contributed by atoms with E-state index < -0.39 is 5.60 Å². The minimum Gasteiger partial charge on any atom is -0.388 e. The molecule has 2 heterocycles. The number of hydrogen-bond acceptors (Lipinski definition) is 6. The molecule has 0 bridgehead atoms. The summed E-state index contributed by atoms with van der Waals surface area (Å²) >= 11 is 0. The lowest BCUT2D eigenvalue weighted by molar-refractivity contribution is -0.135. The SMILES string of the molecule is Cc1ccc2c(=O)n(CC3(O)CCN(C(=O)CCc4ccc(N=O)cc4)CC3)cnc2c1. The summed E-state index contributed by atoms with van der Waals surface area (Å²) in [5, 5.41) is 14.5. The molecular weight excluding hydrogens is 408 g/mol. The first-order chi connectivity index (χ1) is 15.4. The number of nitroso groups, excluding NO2 is 1. The van der Waals surface area contributed by atoms with Crippen molar-refractivity contribution in [2.45, 2.75) is 44.8 Å². The number of rotatable bonds is 6. The van der Waals surface area contributed by atoms with Gasteiger partial charge >= 0.3 is 0 Å². The van der Waals surface area contributed by atoms with Gasteiger partial charge in [-0.15, -0.1) is 4.91 Å². The fourth-order valence-electron chi connectivity index (χ4n) is 4.16. The van der Waals surface area contributed by atoms with E-state index in [2.05, 4.69) is 10.2 Å². The highest BCUT2D eigenvalue weighted by Crippen LogP contribution is 2.25. The van der Waals surface area contributed by atoms with E-state index in [1.54, 1.807) is 35.2 Å². The number of fused-ring (bicyclic) bond motifs is 1. The van der Waals surface area contributed by atoms with Crippen molar-refractivity contribution in [2.75, 3.05) is 13.1 Å². The van der Waals surface area contributed by atoms with Gasteiger partial charge in [-0.3, -0.25) is 14.2 Å². The quantitative estimate of drug-likeness (QED) is 0.600. The van der Waals surface area contributed by atoms with E-state index in [4.69, 9.17) is 0 Å². The van der Waals surface area contributed by atoms with Crippen LogP contribution in [0.1, 0.15) is 30.4 Å². The van der Waals surface area contributed by atoms with Gasteiger partial charge in [-0.1, -0.05) is 18.2 Å². The second kappa shape index (κ2) is 9.00. The predicted octanol–water partition coefficient (Wildman–Crippen LogP) is 3.09. The van der Waals surface area contributed by atoms with E-state index in [1.807, 2.05) is 19.1 Å². The standard InChI is InChI=1S/C24H26N4O4/c1-17-2-8-20-21(14-17)25-16-28(23(20)30)15-24(31)10-12-27(13-11-24)22(29)9-5-18-3-6-19(26-32)7-4-18/h2-4,6-8,14,16,31H,5,9-13,15H2,1H3. The van der Waals surface area contributed by atoms with Crippen LogP contribution < -0.4 is 5.56 Å². The van der Waals surface area contributed by atoms with Gasteiger partial charge < -0.3 is 10.0 Å². The Morgan fingerprint density at radius 3 is 2.56 bits per heavy atom. The molecular formula is C24H26N4O4. The largest absolute Gasteiger partial charge is 0.388 e. The Hall–Kier alpha value is -3.39. The fraction of sp³-hybridized carbons (Fsp3) is 0.375. The Labute approximate surface area is 185 Å². The summed E-state index contributed by atoms with van der Waals surface area (Å²) in [6.45, 7) is 2.99. The minimum absolute atomic E-state index is 0.0320. The van der Waals surface area contributed by atoms with Gasteiger partial charge in [0.25, 0.3) is 5.56 Å². The van der Waals surface area contributed by atoms with Crippen LogP contribution in [0.2, 0.25) is 0 Å². The summed E-state index contributed by atoms with van der Waals surface area (Å²) in [7, 11) is 0. The molecule has 1 aliphatic heterocycles. The molecule has 1 fully saturated rings. The molecule has 4 rings (SSSR count). The molecule has 1 aromatic heterocycles. The van der Waals surface area contributed by atoms with Crippen LogP contribution in [0.15, 0.2) is 58.8 Å². The summed E-state index contributed by atoms with van der Waals surface area (Å²) in [6, 6.07) is 12.4. The topological polar surface area (TPSA) is 105 Å². The maximum absolute atomic E-state index is 12.8. The number of carbonyl (C=O) groups excluding carboxylic acids is 1. The van der Waals surface area contributed by atoms with Gasteiger partial charge in [0, 0.05) is 19.5 Å². The zero-order chi connectivity index (χ0) is 22.7. The van der Waals surface area contributed by atoms with Crippen molar-refractivity contribution in [3.63, 3.8) is 0 Å². The van der Waals surface area contributed by atoms with Crippen LogP contribution in [0.4, 0.5) is 5.69 Å². The van der Waals surface area contributed by atoms with E-state index in [-0.39, 0.29) is 18.0 Å². The maximum atomic E-state index is 12.8.